The van der Waals surface area contributed by atoms with Crippen molar-refractivity contribution in [1.29, 1.82) is 0 Å². The third-order valence-electron chi connectivity index (χ3n) is 9.75. The molecule has 8 nitrogen and oxygen atoms in total. The van der Waals surface area contributed by atoms with Gasteiger partial charge in [-0.2, -0.15) is 0 Å². The van der Waals surface area contributed by atoms with Crippen LogP contribution in [0.25, 0.3) is 11.3 Å². The van der Waals surface area contributed by atoms with E-state index in [1.807, 2.05) is 24.4 Å². The average molecular weight is 641 g/mol. The van der Waals surface area contributed by atoms with Crippen LogP contribution in [0.5, 0.6) is 11.5 Å². The maximum Gasteiger partial charge on any atom is 0.256 e. The Kier molecular flexibility index (Phi) is 8.53. The Balaban J connectivity index is 1.16. The molecule has 3 aliphatic rings. The van der Waals surface area contributed by atoms with Crippen LogP contribution in [-0.2, 0) is 24.2 Å². The molecule has 0 bridgehead atoms. The second-order valence-corrected chi connectivity index (χ2v) is 12.6. The van der Waals surface area contributed by atoms with Crippen LogP contribution < -0.4 is 14.4 Å². The van der Waals surface area contributed by atoms with Gasteiger partial charge in [-0.1, -0.05) is 6.07 Å². The van der Waals surface area contributed by atoms with Gasteiger partial charge in [0.2, 0.25) is 0 Å². The first-order valence-electron chi connectivity index (χ1n) is 16.2. The zero-order valence-corrected chi connectivity index (χ0v) is 26.7. The molecule has 244 valence electrons. The maximum absolute atomic E-state index is 15.0. The van der Waals surface area contributed by atoms with Crippen LogP contribution in [0.2, 0.25) is 0 Å². The molecule has 2 aromatic carbocycles. The minimum atomic E-state index is -0.711. The normalized spacial score (nSPS) is 17.2. The van der Waals surface area contributed by atoms with Crippen molar-refractivity contribution in [3.8, 4) is 22.8 Å². The van der Waals surface area contributed by atoms with Crippen LogP contribution in [0.15, 0.2) is 60.8 Å². The van der Waals surface area contributed by atoms with Crippen molar-refractivity contribution in [2.45, 2.75) is 57.2 Å². The van der Waals surface area contributed by atoms with E-state index in [9.17, 15) is 13.6 Å². The Morgan fingerprint density at radius 1 is 0.915 bits per heavy atom. The highest BCUT2D eigenvalue weighted by Crippen LogP contribution is 2.37. The van der Waals surface area contributed by atoms with E-state index in [-0.39, 0.29) is 35.9 Å². The average Bonchev–Trinajstić information content (AvgIpc) is 3.40. The van der Waals surface area contributed by atoms with Crippen molar-refractivity contribution in [3.63, 3.8) is 0 Å². The molecule has 2 fully saturated rings. The number of carbonyl (C=O) groups is 1. The molecule has 0 atom stereocenters. The van der Waals surface area contributed by atoms with Gasteiger partial charge in [0.15, 0.2) is 0 Å². The van der Waals surface area contributed by atoms with Gasteiger partial charge in [0.1, 0.15) is 23.1 Å². The number of methoxy groups -OCH3 is 2. The minimum absolute atomic E-state index is 0.0260. The number of hydrogen-bond donors (Lipinski definition) is 0. The molecule has 0 N–H and O–H groups in total. The number of amides is 1. The molecule has 3 aliphatic heterocycles. The van der Waals surface area contributed by atoms with E-state index in [1.165, 1.54) is 24.6 Å². The molecule has 0 saturated carbocycles. The highest BCUT2D eigenvalue weighted by atomic mass is 19.1. The van der Waals surface area contributed by atoms with Crippen LogP contribution in [0.1, 0.15) is 65.0 Å². The first-order valence-corrected chi connectivity index (χ1v) is 16.2. The smallest absolute Gasteiger partial charge is 0.256 e. The van der Waals surface area contributed by atoms with Crippen molar-refractivity contribution >= 4 is 11.6 Å². The van der Waals surface area contributed by atoms with Gasteiger partial charge in [-0.3, -0.25) is 9.78 Å². The number of ether oxygens (including phenoxy) is 3. The van der Waals surface area contributed by atoms with Gasteiger partial charge < -0.3 is 24.0 Å². The third kappa shape index (κ3) is 6.14. The fraction of sp³-hybridized carbons (Fsp3) is 0.378. The van der Waals surface area contributed by atoms with E-state index >= 15 is 0 Å². The monoisotopic (exact) mass is 640 g/mol. The number of hydrogen-bond acceptors (Lipinski definition) is 7. The van der Waals surface area contributed by atoms with Gasteiger partial charge in [0, 0.05) is 43.4 Å². The molecule has 0 aliphatic carbocycles. The first-order chi connectivity index (χ1) is 22.9. The predicted octanol–water partition coefficient (Wildman–Crippen LogP) is 6.73. The quantitative estimate of drug-likeness (QED) is 0.212. The Hall–Kier alpha value is -4.57. The molecule has 1 spiro atoms. The van der Waals surface area contributed by atoms with Crippen molar-refractivity contribution in [1.82, 2.24) is 14.9 Å². The summed E-state index contributed by atoms with van der Waals surface area (Å²) in [5, 5.41) is 0. The number of carbonyl (C=O) groups excluding carboxylic acids is 1. The van der Waals surface area contributed by atoms with Crippen molar-refractivity contribution < 1.29 is 27.8 Å². The van der Waals surface area contributed by atoms with Gasteiger partial charge in [0.25, 0.3) is 5.91 Å². The molecule has 0 radical (unpaired) electrons. The van der Waals surface area contributed by atoms with Gasteiger partial charge >= 0.3 is 0 Å². The van der Waals surface area contributed by atoms with E-state index in [0.29, 0.717) is 34.7 Å². The van der Waals surface area contributed by atoms with Crippen LogP contribution in [0, 0.1) is 11.6 Å². The lowest BCUT2D eigenvalue weighted by atomic mass is 9.84. The Labute approximate surface area is 273 Å². The topological polar surface area (TPSA) is 77.0 Å². The maximum atomic E-state index is 15.0. The second kappa shape index (κ2) is 12.9. The molecule has 2 saturated heterocycles. The summed E-state index contributed by atoms with van der Waals surface area (Å²) in [4.78, 5) is 27.4. The summed E-state index contributed by atoms with van der Waals surface area (Å²) in [5.74, 6) is -0.392. The Morgan fingerprint density at radius 2 is 1.72 bits per heavy atom. The molecule has 1 amide bonds. The van der Waals surface area contributed by atoms with E-state index in [1.54, 1.807) is 31.3 Å². The van der Waals surface area contributed by atoms with Crippen LogP contribution in [0.4, 0.5) is 14.5 Å². The minimum Gasteiger partial charge on any atom is -0.497 e. The number of pyridine rings is 2. The number of aromatic nitrogens is 2. The molecular weight excluding hydrogens is 602 g/mol. The summed E-state index contributed by atoms with van der Waals surface area (Å²) in [6.07, 6.45) is 7.71. The summed E-state index contributed by atoms with van der Waals surface area (Å²) >= 11 is 0. The largest absolute Gasteiger partial charge is 0.497 e. The highest BCUT2D eigenvalue weighted by Gasteiger charge is 2.37. The van der Waals surface area contributed by atoms with Crippen molar-refractivity contribution in [2.75, 3.05) is 38.8 Å². The molecule has 10 heteroatoms. The standard InChI is InChI=1S/C37H38F2N4O4/c1-45-28-11-8-24(33(20-28)46-2)22-43-23-32-34(36(43)44)25(19-31(41-32)35-29(38)6-5-7-30(35)39)18-26-9-10-27(21-40-26)42-15-13-37(14-16-42)12-3-4-17-47-37/h5-11,19-21H,3-4,12-18,22-23H2,1-2H3. The van der Waals surface area contributed by atoms with Crippen LogP contribution >= 0.6 is 0 Å². The highest BCUT2D eigenvalue weighted by molar-refractivity contribution is 5.99. The van der Waals surface area contributed by atoms with E-state index in [2.05, 4.69) is 16.0 Å². The number of benzene rings is 2. The number of fused-ring (bicyclic) bond motifs is 1. The number of halogens is 2. The summed E-state index contributed by atoms with van der Waals surface area (Å²) in [5.41, 5.74) is 4.08. The molecule has 0 unspecified atom stereocenters. The summed E-state index contributed by atoms with van der Waals surface area (Å²) in [6, 6.07) is 14.8. The Morgan fingerprint density at radius 3 is 2.40 bits per heavy atom. The fourth-order valence-corrected chi connectivity index (χ4v) is 7.15. The van der Waals surface area contributed by atoms with Crippen LogP contribution in [-0.4, -0.2) is 60.3 Å². The number of piperidine rings is 1. The fourth-order valence-electron chi connectivity index (χ4n) is 7.15. The number of anilines is 1. The summed E-state index contributed by atoms with van der Waals surface area (Å²) < 4.78 is 47.0. The summed E-state index contributed by atoms with van der Waals surface area (Å²) in [7, 11) is 3.15. The zero-order valence-electron chi connectivity index (χ0n) is 26.7. The molecule has 2 aromatic heterocycles. The van der Waals surface area contributed by atoms with E-state index < -0.39 is 11.6 Å². The molecule has 47 heavy (non-hydrogen) atoms. The number of nitrogens with zero attached hydrogens (tertiary/aromatic N) is 4. The first kappa shape index (κ1) is 31.1. The van der Waals surface area contributed by atoms with Crippen molar-refractivity contribution in [3.05, 3.63) is 101 Å². The van der Waals surface area contributed by atoms with Gasteiger partial charge in [-0.25, -0.2) is 13.8 Å². The molecule has 4 aromatic rings. The zero-order chi connectivity index (χ0) is 32.5. The van der Waals surface area contributed by atoms with Crippen molar-refractivity contribution in [2.24, 2.45) is 0 Å². The van der Waals surface area contributed by atoms with Gasteiger partial charge in [-0.15, -0.1) is 0 Å². The lowest BCUT2D eigenvalue weighted by Crippen LogP contribution is -2.47. The lowest BCUT2D eigenvalue weighted by molar-refractivity contribution is -0.0920. The lowest BCUT2D eigenvalue weighted by Gasteiger charge is -2.44. The van der Waals surface area contributed by atoms with E-state index in [0.717, 1.165) is 62.3 Å². The Bertz CT molecular complexity index is 1760. The van der Waals surface area contributed by atoms with Gasteiger partial charge in [-0.05, 0) is 80.1 Å². The molecular formula is C37H38F2N4O4. The number of rotatable bonds is 8. The van der Waals surface area contributed by atoms with Gasteiger partial charge in [0.05, 0.1) is 67.3 Å². The predicted molar refractivity (Wildman–Crippen MR) is 174 cm³/mol. The van der Waals surface area contributed by atoms with E-state index in [4.69, 9.17) is 19.2 Å². The SMILES string of the molecule is COc1ccc(CN2Cc3nc(-c4c(F)cccc4F)cc(Cc4ccc(N5CCC6(CCCCO6)CC5)cn4)c3C2=O)c(OC)c1. The molecule has 5 heterocycles. The third-order valence-corrected chi connectivity index (χ3v) is 9.75. The molecule has 7 rings (SSSR count). The second-order valence-electron chi connectivity index (χ2n) is 12.6. The van der Waals surface area contributed by atoms with Crippen LogP contribution in [0.3, 0.4) is 0 Å². The summed E-state index contributed by atoms with van der Waals surface area (Å²) in [6.45, 7) is 3.14.